The molecule has 0 radical (unpaired) electrons. The lowest BCUT2D eigenvalue weighted by Gasteiger charge is -2.38. The monoisotopic (exact) mass is 284 g/mol. The first-order valence-corrected chi connectivity index (χ1v) is 6.86. The van der Waals surface area contributed by atoms with E-state index in [0.717, 1.165) is 13.1 Å². The second kappa shape index (κ2) is 5.88. The molecule has 0 spiro atoms. The molecular formula is C14H18ClFN2O. The van der Waals surface area contributed by atoms with Crippen molar-refractivity contribution in [3.63, 3.8) is 0 Å². The standard InChI is InChI=1S/C14H18ClFN2O/c1-9(2)12-8-17-6-7-18(12)14(19)13-10(15)4-3-5-11(13)16/h3-5,9,12,17H,6-8H2,1-2H3. The van der Waals surface area contributed by atoms with Crippen LogP contribution in [0.5, 0.6) is 0 Å². The summed E-state index contributed by atoms with van der Waals surface area (Å²) < 4.78 is 13.8. The molecule has 1 aromatic carbocycles. The number of halogens is 2. The third-order valence-corrected chi connectivity index (χ3v) is 3.81. The third kappa shape index (κ3) is 2.90. The highest BCUT2D eigenvalue weighted by atomic mass is 35.5. The average molecular weight is 285 g/mol. The molecule has 104 valence electrons. The maximum absolute atomic E-state index is 13.8. The Kier molecular flexibility index (Phi) is 4.42. The highest BCUT2D eigenvalue weighted by molar-refractivity contribution is 6.33. The van der Waals surface area contributed by atoms with Crippen LogP contribution in [-0.2, 0) is 0 Å². The Morgan fingerprint density at radius 2 is 2.26 bits per heavy atom. The molecule has 0 bridgehead atoms. The maximum atomic E-state index is 13.8. The molecule has 3 nitrogen and oxygen atoms in total. The van der Waals surface area contributed by atoms with Gasteiger partial charge in [-0.15, -0.1) is 0 Å². The van der Waals surface area contributed by atoms with Crippen molar-refractivity contribution in [1.82, 2.24) is 10.2 Å². The number of carbonyl (C=O) groups excluding carboxylic acids is 1. The number of nitrogens with zero attached hydrogens (tertiary/aromatic N) is 1. The minimum atomic E-state index is -0.557. The van der Waals surface area contributed by atoms with Crippen LogP contribution in [0.4, 0.5) is 4.39 Å². The first-order chi connectivity index (χ1) is 9.02. The molecule has 1 unspecified atom stereocenters. The maximum Gasteiger partial charge on any atom is 0.258 e. The summed E-state index contributed by atoms with van der Waals surface area (Å²) in [6, 6.07) is 4.39. The molecule has 1 saturated heterocycles. The lowest BCUT2D eigenvalue weighted by Crippen LogP contribution is -2.55. The number of benzene rings is 1. The normalized spacial score (nSPS) is 19.8. The van der Waals surface area contributed by atoms with Crippen molar-refractivity contribution in [2.75, 3.05) is 19.6 Å². The van der Waals surface area contributed by atoms with Crippen LogP contribution in [0.2, 0.25) is 5.02 Å². The lowest BCUT2D eigenvalue weighted by atomic mass is 9.99. The van der Waals surface area contributed by atoms with Crippen LogP contribution in [0, 0.1) is 11.7 Å². The Hall–Kier alpha value is -1.13. The van der Waals surface area contributed by atoms with Crippen LogP contribution in [0.3, 0.4) is 0 Å². The Morgan fingerprint density at radius 1 is 1.53 bits per heavy atom. The molecule has 1 amide bonds. The fraction of sp³-hybridized carbons (Fsp3) is 0.500. The number of rotatable bonds is 2. The van der Waals surface area contributed by atoms with Crippen LogP contribution in [0.1, 0.15) is 24.2 Å². The molecule has 1 aliphatic rings. The zero-order valence-corrected chi connectivity index (χ0v) is 11.9. The van der Waals surface area contributed by atoms with E-state index in [-0.39, 0.29) is 22.5 Å². The number of hydrogen-bond acceptors (Lipinski definition) is 2. The number of amides is 1. The van der Waals surface area contributed by atoms with Gasteiger partial charge in [0.2, 0.25) is 0 Å². The summed E-state index contributed by atoms with van der Waals surface area (Å²) >= 11 is 5.97. The third-order valence-electron chi connectivity index (χ3n) is 3.49. The molecule has 0 aliphatic carbocycles. The minimum absolute atomic E-state index is 0.0169. The van der Waals surface area contributed by atoms with Crippen molar-refractivity contribution in [2.45, 2.75) is 19.9 Å². The van der Waals surface area contributed by atoms with Gasteiger partial charge in [0.1, 0.15) is 5.82 Å². The summed E-state index contributed by atoms with van der Waals surface area (Å²) in [5.74, 6) is -0.566. The summed E-state index contributed by atoms with van der Waals surface area (Å²) in [7, 11) is 0. The molecular weight excluding hydrogens is 267 g/mol. The first kappa shape index (κ1) is 14.3. The van der Waals surface area contributed by atoms with E-state index in [1.54, 1.807) is 11.0 Å². The first-order valence-electron chi connectivity index (χ1n) is 6.48. The fourth-order valence-corrected chi connectivity index (χ4v) is 2.66. The Bertz CT molecular complexity index is 458. The molecule has 0 saturated carbocycles. The summed E-state index contributed by atoms with van der Waals surface area (Å²) in [5.41, 5.74) is -0.0169. The van der Waals surface area contributed by atoms with Gasteiger partial charge in [-0.05, 0) is 18.1 Å². The number of nitrogens with one attached hydrogen (secondary N) is 1. The van der Waals surface area contributed by atoms with Gasteiger partial charge in [0, 0.05) is 25.7 Å². The number of carbonyl (C=O) groups is 1. The Morgan fingerprint density at radius 3 is 2.89 bits per heavy atom. The quantitative estimate of drug-likeness (QED) is 0.905. The van der Waals surface area contributed by atoms with Crippen molar-refractivity contribution in [3.8, 4) is 0 Å². The van der Waals surface area contributed by atoms with E-state index in [0.29, 0.717) is 12.5 Å². The smallest absolute Gasteiger partial charge is 0.258 e. The van der Waals surface area contributed by atoms with Gasteiger partial charge in [-0.2, -0.15) is 0 Å². The van der Waals surface area contributed by atoms with Gasteiger partial charge in [-0.25, -0.2) is 4.39 Å². The predicted molar refractivity (Wildman–Crippen MR) is 73.9 cm³/mol. The SMILES string of the molecule is CC(C)C1CNCCN1C(=O)c1c(F)cccc1Cl. The average Bonchev–Trinajstić information content (AvgIpc) is 2.38. The molecule has 5 heteroatoms. The molecule has 1 atom stereocenters. The van der Waals surface area contributed by atoms with E-state index in [1.165, 1.54) is 12.1 Å². The van der Waals surface area contributed by atoms with Gasteiger partial charge in [0.05, 0.1) is 10.6 Å². The van der Waals surface area contributed by atoms with Crippen LogP contribution in [0.15, 0.2) is 18.2 Å². The second-order valence-electron chi connectivity index (χ2n) is 5.11. The predicted octanol–water partition coefficient (Wildman–Crippen LogP) is 2.55. The number of piperazine rings is 1. The number of hydrogen-bond donors (Lipinski definition) is 1. The van der Waals surface area contributed by atoms with Crippen molar-refractivity contribution >= 4 is 17.5 Å². The van der Waals surface area contributed by atoms with Gasteiger partial charge in [0.15, 0.2) is 0 Å². The van der Waals surface area contributed by atoms with Gasteiger partial charge < -0.3 is 10.2 Å². The van der Waals surface area contributed by atoms with Crippen LogP contribution >= 0.6 is 11.6 Å². The summed E-state index contributed by atoms with van der Waals surface area (Å²) in [6.07, 6.45) is 0. The van der Waals surface area contributed by atoms with Crippen molar-refractivity contribution in [2.24, 2.45) is 5.92 Å². The van der Waals surface area contributed by atoms with E-state index in [4.69, 9.17) is 11.6 Å². The van der Waals surface area contributed by atoms with Gasteiger partial charge in [-0.3, -0.25) is 4.79 Å². The lowest BCUT2D eigenvalue weighted by molar-refractivity contribution is 0.0569. The van der Waals surface area contributed by atoms with Gasteiger partial charge in [-0.1, -0.05) is 31.5 Å². The van der Waals surface area contributed by atoms with Crippen LogP contribution in [0.25, 0.3) is 0 Å². The van der Waals surface area contributed by atoms with Crippen molar-refractivity contribution in [3.05, 3.63) is 34.6 Å². The van der Waals surface area contributed by atoms with E-state index < -0.39 is 5.82 Å². The Labute approximate surface area is 117 Å². The van der Waals surface area contributed by atoms with Gasteiger partial charge >= 0.3 is 0 Å². The van der Waals surface area contributed by atoms with Crippen LogP contribution < -0.4 is 5.32 Å². The molecule has 1 N–H and O–H groups in total. The highest BCUT2D eigenvalue weighted by Gasteiger charge is 2.31. The van der Waals surface area contributed by atoms with E-state index in [2.05, 4.69) is 19.2 Å². The fourth-order valence-electron chi connectivity index (χ4n) is 2.42. The van der Waals surface area contributed by atoms with E-state index in [1.807, 2.05) is 0 Å². The largest absolute Gasteiger partial charge is 0.333 e. The van der Waals surface area contributed by atoms with E-state index >= 15 is 0 Å². The zero-order valence-electron chi connectivity index (χ0n) is 11.1. The topological polar surface area (TPSA) is 32.3 Å². The molecule has 1 heterocycles. The van der Waals surface area contributed by atoms with Gasteiger partial charge in [0.25, 0.3) is 5.91 Å². The van der Waals surface area contributed by atoms with Crippen molar-refractivity contribution in [1.29, 1.82) is 0 Å². The molecule has 19 heavy (non-hydrogen) atoms. The zero-order chi connectivity index (χ0) is 14.0. The highest BCUT2D eigenvalue weighted by Crippen LogP contribution is 2.23. The van der Waals surface area contributed by atoms with Crippen LogP contribution in [-0.4, -0.2) is 36.5 Å². The summed E-state index contributed by atoms with van der Waals surface area (Å²) in [5, 5.41) is 3.43. The van der Waals surface area contributed by atoms with E-state index in [9.17, 15) is 9.18 Å². The summed E-state index contributed by atoms with van der Waals surface area (Å²) in [4.78, 5) is 14.3. The Balaban J connectivity index is 2.32. The minimum Gasteiger partial charge on any atom is -0.333 e. The molecule has 0 aromatic heterocycles. The summed E-state index contributed by atoms with van der Waals surface area (Å²) in [6.45, 7) is 6.14. The molecule has 1 aliphatic heterocycles. The second-order valence-corrected chi connectivity index (χ2v) is 5.52. The van der Waals surface area contributed by atoms with Crippen molar-refractivity contribution < 1.29 is 9.18 Å². The molecule has 2 rings (SSSR count). The molecule has 1 fully saturated rings. The molecule has 1 aromatic rings.